The van der Waals surface area contributed by atoms with E-state index in [9.17, 15) is 17.6 Å². The van der Waals surface area contributed by atoms with Crippen molar-refractivity contribution in [2.45, 2.75) is 0 Å². The topological polar surface area (TPSA) is 0 Å². The summed E-state index contributed by atoms with van der Waals surface area (Å²) in [6.07, 6.45) is 1.29. The third-order valence-corrected chi connectivity index (χ3v) is 3.04. The van der Waals surface area contributed by atoms with Gasteiger partial charge in [0.25, 0.3) is 0 Å². The first kappa shape index (κ1) is 11.0. The Morgan fingerprint density at radius 1 is 0.778 bits per heavy atom. The van der Waals surface area contributed by atoms with E-state index in [2.05, 4.69) is 6.58 Å². The predicted octanol–water partition coefficient (Wildman–Crippen LogP) is 2.08. The van der Waals surface area contributed by atoms with Crippen LogP contribution in [0.4, 0.5) is 17.6 Å². The highest BCUT2D eigenvalue weighted by Gasteiger charge is 2.21. The Morgan fingerprint density at radius 2 is 1.44 bits per heavy atom. The first-order valence-electron chi connectivity index (χ1n) is 5.18. The van der Waals surface area contributed by atoms with Crippen LogP contribution in [0.25, 0.3) is 12.7 Å². The fourth-order valence-electron chi connectivity index (χ4n) is 2.23. The summed E-state index contributed by atoms with van der Waals surface area (Å²) >= 11 is 0. The van der Waals surface area contributed by atoms with Crippen LogP contribution in [0.2, 0.25) is 0 Å². The molecular weight excluding hydrogens is 244 g/mol. The lowest BCUT2D eigenvalue weighted by Gasteiger charge is -1.98. The molecular formula is C14H6F4. The van der Waals surface area contributed by atoms with Gasteiger partial charge in [0.2, 0.25) is 0 Å². The van der Waals surface area contributed by atoms with Crippen LogP contribution in [0.15, 0.2) is 18.2 Å². The summed E-state index contributed by atoms with van der Waals surface area (Å²) in [7, 11) is 0. The molecule has 4 heteroatoms. The van der Waals surface area contributed by atoms with Crippen LogP contribution < -0.4 is 10.4 Å². The minimum atomic E-state index is -1.80. The van der Waals surface area contributed by atoms with Gasteiger partial charge in [0.05, 0.1) is 0 Å². The molecule has 0 nitrogen and oxygen atoms in total. The minimum absolute atomic E-state index is 0.257. The SMILES string of the molecule is C=c1cccc2c1=c1c(F)c(F)c(F)c(F)c1=C2. The summed E-state index contributed by atoms with van der Waals surface area (Å²) in [6.45, 7) is 3.69. The van der Waals surface area contributed by atoms with Crippen LogP contribution in [0.3, 0.4) is 0 Å². The molecule has 0 saturated carbocycles. The average Bonchev–Trinajstić information content (AvgIpc) is 2.75. The smallest absolute Gasteiger partial charge is 0.198 e. The second-order valence-electron chi connectivity index (χ2n) is 4.07. The lowest BCUT2D eigenvalue weighted by molar-refractivity contribution is 0.402. The van der Waals surface area contributed by atoms with E-state index in [-0.39, 0.29) is 10.4 Å². The van der Waals surface area contributed by atoms with Crippen LogP contribution in [-0.2, 0) is 0 Å². The lowest BCUT2D eigenvalue weighted by Crippen LogP contribution is -2.16. The molecule has 2 aromatic rings. The van der Waals surface area contributed by atoms with E-state index < -0.39 is 23.3 Å². The van der Waals surface area contributed by atoms with Crippen molar-refractivity contribution in [1.29, 1.82) is 0 Å². The zero-order valence-corrected chi connectivity index (χ0v) is 9.03. The van der Waals surface area contributed by atoms with Gasteiger partial charge in [-0.2, -0.15) is 0 Å². The fraction of sp³-hybridized carbons (Fsp3) is 0. The number of hydrogen-bond acceptors (Lipinski definition) is 0. The van der Waals surface area contributed by atoms with Crippen molar-refractivity contribution in [2.75, 3.05) is 0 Å². The standard InChI is InChI=1S/C14H6F4/c1-6-3-2-4-7-5-8-10(9(6)7)12(16)14(18)13(17)11(8)15/h2-5H,1H2. The van der Waals surface area contributed by atoms with Crippen LogP contribution >= 0.6 is 0 Å². The Balaban J connectivity index is 2.80. The molecule has 0 heterocycles. The van der Waals surface area contributed by atoms with Crippen LogP contribution in [0.1, 0.15) is 5.56 Å². The van der Waals surface area contributed by atoms with Gasteiger partial charge in [-0.1, -0.05) is 24.8 Å². The normalized spacial score (nSPS) is 12.0. The largest absolute Gasteiger partial charge is 0.203 e. The van der Waals surface area contributed by atoms with E-state index in [1.807, 2.05) is 0 Å². The van der Waals surface area contributed by atoms with Crippen molar-refractivity contribution in [1.82, 2.24) is 0 Å². The minimum Gasteiger partial charge on any atom is -0.203 e. The van der Waals surface area contributed by atoms with Gasteiger partial charge < -0.3 is 0 Å². The monoisotopic (exact) mass is 250 g/mol. The van der Waals surface area contributed by atoms with Gasteiger partial charge in [-0.25, -0.2) is 17.6 Å². The number of halogens is 4. The van der Waals surface area contributed by atoms with E-state index in [0.29, 0.717) is 16.0 Å². The van der Waals surface area contributed by atoms with Crippen molar-refractivity contribution in [3.05, 3.63) is 67.9 Å². The molecule has 0 radical (unpaired) electrons. The van der Waals surface area contributed by atoms with E-state index in [4.69, 9.17) is 0 Å². The van der Waals surface area contributed by atoms with Gasteiger partial charge in [-0.3, -0.25) is 0 Å². The highest BCUT2D eigenvalue weighted by atomic mass is 19.2. The molecule has 0 aromatic heterocycles. The molecule has 3 rings (SSSR count). The molecule has 0 N–H and O–H groups in total. The van der Waals surface area contributed by atoms with Crippen molar-refractivity contribution >= 4 is 12.7 Å². The average molecular weight is 250 g/mol. The molecule has 0 spiro atoms. The molecule has 0 amide bonds. The molecule has 18 heavy (non-hydrogen) atoms. The van der Waals surface area contributed by atoms with Gasteiger partial charge >= 0.3 is 0 Å². The highest BCUT2D eigenvalue weighted by molar-refractivity contribution is 5.56. The third-order valence-electron chi connectivity index (χ3n) is 3.04. The van der Waals surface area contributed by atoms with E-state index in [1.165, 1.54) is 6.08 Å². The number of fused-ring (bicyclic) bond motifs is 2. The second kappa shape index (κ2) is 3.45. The molecule has 2 aromatic carbocycles. The maximum Gasteiger partial charge on any atom is 0.198 e. The van der Waals surface area contributed by atoms with Gasteiger partial charge in [0.1, 0.15) is 0 Å². The molecule has 0 saturated heterocycles. The Morgan fingerprint density at radius 3 is 2.17 bits per heavy atom. The molecule has 0 unspecified atom stereocenters. The van der Waals surface area contributed by atoms with Crippen molar-refractivity contribution < 1.29 is 17.6 Å². The zero-order valence-electron chi connectivity index (χ0n) is 9.03. The molecule has 1 aliphatic carbocycles. The molecule has 90 valence electrons. The van der Waals surface area contributed by atoms with E-state index in [0.717, 1.165) is 0 Å². The second-order valence-corrected chi connectivity index (χ2v) is 4.07. The quantitative estimate of drug-likeness (QED) is 0.325. The summed E-state index contributed by atoms with van der Waals surface area (Å²) < 4.78 is 53.8. The molecule has 0 atom stereocenters. The Labute approximate surface area is 98.8 Å². The predicted molar refractivity (Wildman–Crippen MR) is 58.7 cm³/mol. The maximum atomic E-state index is 13.8. The highest BCUT2D eigenvalue weighted by Crippen LogP contribution is 2.16. The van der Waals surface area contributed by atoms with E-state index in [1.54, 1.807) is 18.2 Å². The summed E-state index contributed by atoms with van der Waals surface area (Å²) in [6, 6.07) is 4.87. The molecule has 1 aliphatic rings. The molecule has 0 bridgehead atoms. The van der Waals surface area contributed by atoms with E-state index >= 15 is 0 Å². The van der Waals surface area contributed by atoms with Crippen LogP contribution in [0.5, 0.6) is 0 Å². The molecule has 0 aliphatic heterocycles. The zero-order chi connectivity index (χ0) is 13.0. The Bertz CT molecular complexity index is 882. The van der Waals surface area contributed by atoms with Crippen LogP contribution in [-0.4, -0.2) is 0 Å². The van der Waals surface area contributed by atoms with Gasteiger partial charge in [-0.15, -0.1) is 0 Å². The summed E-state index contributed by atoms with van der Waals surface area (Å²) in [4.78, 5) is 0. The van der Waals surface area contributed by atoms with Crippen molar-refractivity contribution in [3.8, 4) is 0 Å². The number of hydrogen-bond donors (Lipinski definition) is 0. The van der Waals surface area contributed by atoms with Gasteiger partial charge in [0, 0.05) is 10.4 Å². The third kappa shape index (κ3) is 1.20. The molecule has 0 fully saturated rings. The number of benzene rings is 2. The Hall–Kier alpha value is -2.10. The number of rotatable bonds is 0. The van der Waals surface area contributed by atoms with Gasteiger partial charge in [-0.05, 0) is 22.1 Å². The first-order chi connectivity index (χ1) is 8.52. The Kier molecular flexibility index (Phi) is 2.11. The van der Waals surface area contributed by atoms with Gasteiger partial charge in [0.15, 0.2) is 23.3 Å². The maximum absolute atomic E-state index is 13.8. The summed E-state index contributed by atoms with van der Waals surface area (Å²) in [5, 5.41) is 0.221. The summed E-state index contributed by atoms with van der Waals surface area (Å²) in [5.74, 6) is -6.34. The van der Waals surface area contributed by atoms with Crippen LogP contribution in [0, 0.1) is 33.7 Å². The fourth-order valence-corrected chi connectivity index (χ4v) is 2.23. The summed E-state index contributed by atoms with van der Waals surface area (Å²) in [5.41, 5.74) is 0.500. The lowest BCUT2D eigenvalue weighted by atomic mass is 10.1. The first-order valence-corrected chi connectivity index (χ1v) is 5.18. The van der Waals surface area contributed by atoms with Crippen molar-refractivity contribution in [3.63, 3.8) is 0 Å². The van der Waals surface area contributed by atoms with Crippen molar-refractivity contribution in [2.24, 2.45) is 0 Å².